The summed E-state index contributed by atoms with van der Waals surface area (Å²) in [5.41, 5.74) is 0.00810. The number of carbonyl (C=O) groups excluding carboxylic acids is 1. The van der Waals surface area contributed by atoms with Gasteiger partial charge in [0, 0.05) is 17.1 Å². The van der Waals surface area contributed by atoms with Crippen LogP contribution in [0, 0.1) is 0 Å². The summed E-state index contributed by atoms with van der Waals surface area (Å²) >= 11 is 5.99. The lowest BCUT2D eigenvalue weighted by Crippen LogP contribution is -2.26. The number of rotatable bonds is 4. The Labute approximate surface area is 130 Å². The van der Waals surface area contributed by atoms with E-state index in [1.807, 2.05) is 12.1 Å². The molecule has 2 rings (SSSR count). The Balaban J connectivity index is 1.97. The minimum Gasteiger partial charge on any atom is -0.352 e. The Kier molecular flexibility index (Phi) is 5.08. The Hall–Kier alpha value is -2.01. The van der Waals surface area contributed by atoms with E-state index in [9.17, 15) is 18.0 Å². The van der Waals surface area contributed by atoms with E-state index >= 15 is 0 Å². The summed E-state index contributed by atoms with van der Waals surface area (Å²) in [5, 5.41) is 3.18. The van der Waals surface area contributed by atoms with Crippen LogP contribution in [0.4, 0.5) is 13.2 Å². The van der Waals surface area contributed by atoms with E-state index in [2.05, 4.69) is 5.32 Å². The van der Waals surface area contributed by atoms with Crippen LogP contribution in [0.2, 0.25) is 5.02 Å². The highest BCUT2D eigenvalue weighted by Gasteiger charge is 2.30. The molecular formula is C16H13ClF3NO. The summed E-state index contributed by atoms with van der Waals surface area (Å²) in [7, 11) is 0. The fraction of sp³-hybridized carbons (Fsp3) is 0.188. The number of carbonyl (C=O) groups is 1. The summed E-state index contributed by atoms with van der Waals surface area (Å²) in [4.78, 5) is 11.9. The van der Waals surface area contributed by atoms with E-state index in [0.717, 1.165) is 17.7 Å². The molecule has 1 N–H and O–H groups in total. The number of halogens is 4. The van der Waals surface area contributed by atoms with Gasteiger partial charge in [-0.3, -0.25) is 4.79 Å². The van der Waals surface area contributed by atoms with E-state index in [-0.39, 0.29) is 5.56 Å². The van der Waals surface area contributed by atoms with Gasteiger partial charge in [0.15, 0.2) is 0 Å². The molecule has 0 saturated carbocycles. The van der Waals surface area contributed by atoms with Crippen LogP contribution in [0.1, 0.15) is 21.5 Å². The average Bonchev–Trinajstić information content (AvgIpc) is 2.48. The predicted octanol–water partition coefficient (Wildman–Crippen LogP) is 4.33. The van der Waals surface area contributed by atoms with Crippen LogP contribution in [-0.4, -0.2) is 12.5 Å². The second kappa shape index (κ2) is 6.83. The fourth-order valence-corrected chi connectivity index (χ4v) is 2.18. The monoisotopic (exact) mass is 327 g/mol. The predicted molar refractivity (Wildman–Crippen MR) is 78.9 cm³/mol. The number of nitrogens with one attached hydrogen (secondary N) is 1. The van der Waals surface area contributed by atoms with E-state index in [1.54, 1.807) is 12.1 Å². The van der Waals surface area contributed by atoms with Gasteiger partial charge in [-0.15, -0.1) is 0 Å². The van der Waals surface area contributed by atoms with E-state index in [4.69, 9.17) is 11.6 Å². The zero-order chi connectivity index (χ0) is 16.2. The second-order valence-electron chi connectivity index (χ2n) is 4.68. The first-order valence-corrected chi connectivity index (χ1v) is 6.94. The molecule has 0 aromatic heterocycles. The molecule has 0 radical (unpaired) electrons. The van der Waals surface area contributed by atoms with Gasteiger partial charge in [-0.25, -0.2) is 0 Å². The third-order valence-corrected chi connectivity index (χ3v) is 3.46. The fourth-order valence-electron chi connectivity index (χ4n) is 1.95. The van der Waals surface area contributed by atoms with Crippen molar-refractivity contribution >= 4 is 17.5 Å². The van der Waals surface area contributed by atoms with E-state index in [1.165, 1.54) is 12.1 Å². The Morgan fingerprint density at radius 2 is 1.82 bits per heavy atom. The van der Waals surface area contributed by atoms with Crippen molar-refractivity contribution in [3.05, 3.63) is 70.2 Å². The number of hydrogen-bond donors (Lipinski definition) is 1. The maximum Gasteiger partial charge on any atom is 0.416 e. The maximum absolute atomic E-state index is 12.6. The number of benzene rings is 2. The van der Waals surface area contributed by atoms with Crippen molar-refractivity contribution in [3.63, 3.8) is 0 Å². The minimum atomic E-state index is -4.46. The molecule has 0 heterocycles. The van der Waals surface area contributed by atoms with Crippen molar-refractivity contribution in [2.45, 2.75) is 12.6 Å². The summed E-state index contributed by atoms with van der Waals surface area (Å²) in [6.07, 6.45) is -3.96. The summed E-state index contributed by atoms with van der Waals surface area (Å²) in [6.45, 7) is 0.290. The molecule has 0 fully saturated rings. The van der Waals surface area contributed by atoms with Crippen molar-refractivity contribution in [1.29, 1.82) is 0 Å². The lowest BCUT2D eigenvalue weighted by atomic mass is 10.1. The third kappa shape index (κ3) is 4.24. The van der Waals surface area contributed by atoms with Crippen molar-refractivity contribution in [2.24, 2.45) is 0 Å². The molecule has 0 aliphatic carbocycles. The number of alkyl halides is 3. The first kappa shape index (κ1) is 16.4. The van der Waals surface area contributed by atoms with Crippen LogP contribution in [0.3, 0.4) is 0 Å². The first-order valence-electron chi connectivity index (χ1n) is 6.57. The van der Waals surface area contributed by atoms with Crippen LogP contribution in [0.5, 0.6) is 0 Å². The van der Waals surface area contributed by atoms with Crippen LogP contribution < -0.4 is 5.32 Å². The standard InChI is InChI=1S/C16H13ClF3NO/c17-14-7-2-1-4-11(14)8-9-21-15(22)12-5-3-6-13(10-12)16(18,19)20/h1-7,10H,8-9H2,(H,21,22). The van der Waals surface area contributed by atoms with Gasteiger partial charge >= 0.3 is 6.18 Å². The smallest absolute Gasteiger partial charge is 0.352 e. The van der Waals surface area contributed by atoms with Gasteiger partial charge in [-0.2, -0.15) is 13.2 Å². The molecule has 22 heavy (non-hydrogen) atoms. The van der Waals surface area contributed by atoms with Crippen molar-refractivity contribution in [3.8, 4) is 0 Å². The molecule has 1 amide bonds. The van der Waals surface area contributed by atoms with Gasteiger partial charge in [-0.1, -0.05) is 35.9 Å². The summed E-state index contributed by atoms with van der Waals surface area (Å²) in [6, 6.07) is 11.5. The third-order valence-electron chi connectivity index (χ3n) is 3.09. The molecule has 0 unspecified atom stereocenters. The van der Waals surface area contributed by atoms with Crippen molar-refractivity contribution in [1.82, 2.24) is 5.32 Å². The van der Waals surface area contributed by atoms with Gasteiger partial charge in [-0.05, 0) is 36.2 Å². The maximum atomic E-state index is 12.6. The molecule has 2 aromatic rings. The van der Waals surface area contributed by atoms with Crippen LogP contribution >= 0.6 is 11.6 Å². The van der Waals surface area contributed by atoms with Crippen LogP contribution in [-0.2, 0) is 12.6 Å². The molecule has 0 atom stereocenters. The number of amides is 1. The van der Waals surface area contributed by atoms with Gasteiger partial charge in [0.2, 0.25) is 0 Å². The molecule has 2 nitrogen and oxygen atoms in total. The zero-order valence-corrected chi connectivity index (χ0v) is 12.2. The summed E-state index contributed by atoms with van der Waals surface area (Å²) < 4.78 is 37.8. The molecule has 0 saturated heterocycles. The highest BCUT2D eigenvalue weighted by atomic mass is 35.5. The van der Waals surface area contributed by atoms with E-state index < -0.39 is 17.6 Å². The van der Waals surface area contributed by atoms with Gasteiger partial charge in [0.05, 0.1) is 5.56 Å². The van der Waals surface area contributed by atoms with Crippen LogP contribution in [0.25, 0.3) is 0 Å². The molecule has 0 aliphatic rings. The van der Waals surface area contributed by atoms with Gasteiger partial charge in [0.1, 0.15) is 0 Å². The SMILES string of the molecule is O=C(NCCc1ccccc1Cl)c1cccc(C(F)(F)F)c1. The first-order chi connectivity index (χ1) is 10.4. The zero-order valence-electron chi connectivity index (χ0n) is 11.5. The highest BCUT2D eigenvalue weighted by Crippen LogP contribution is 2.29. The number of hydrogen-bond acceptors (Lipinski definition) is 1. The van der Waals surface area contributed by atoms with Crippen molar-refractivity contribution < 1.29 is 18.0 Å². The molecular weight excluding hydrogens is 315 g/mol. The molecule has 0 bridgehead atoms. The molecule has 116 valence electrons. The Morgan fingerprint density at radius 1 is 1.09 bits per heavy atom. The lowest BCUT2D eigenvalue weighted by Gasteiger charge is -2.09. The minimum absolute atomic E-state index is 0.0195. The largest absolute Gasteiger partial charge is 0.416 e. The Morgan fingerprint density at radius 3 is 2.50 bits per heavy atom. The molecule has 0 aliphatic heterocycles. The van der Waals surface area contributed by atoms with Gasteiger partial charge in [0.25, 0.3) is 5.91 Å². The molecule has 2 aromatic carbocycles. The highest BCUT2D eigenvalue weighted by molar-refractivity contribution is 6.31. The second-order valence-corrected chi connectivity index (χ2v) is 5.08. The topological polar surface area (TPSA) is 29.1 Å². The molecule has 0 spiro atoms. The molecule has 6 heteroatoms. The average molecular weight is 328 g/mol. The quantitative estimate of drug-likeness (QED) is 0.889. The normalized spacial score (nSPS) is 11.3. The van der Waals surface area contributed by atoms with E-state index in [0.29, 0.717) is 18.0 Å². The van der Waals surface area contributed by atoms with Crippen LogP contribution in [0.15, 0.2) is 48.5 Å². The lowest BCUT2D eigenvalue weighted by molar-refractivity contribution is -0.137. The summed E-state index contributed by atoms with van der Waals surface area (Å²) in [5.74, 6) is -0.543. The van der Waals surface area contributed by atoms with Gasteiger partial charge < -0.3 is 5.32 Å². The van der Waals surface area contributed by atoms with Crippen molar-refractivity contribution in [2.75, 3.05) is 6.54 Å². The Bertz CT molecular complexity index is 670.